The maximum Gasteiger partial charge on any atom is 0.255 e. The summed E-state index contributed by atoms with van der Waals surface area (Å²) in [6.45, 7) is 3.78. The number of ether oxygens (including phenoxy) is 1. The number of nitrogens with one attached hydrogen (secondary N) is 3. The van der Waals surface area contributed by atoms with Gasteiger partial charge >= 0.3 is 0 Å². The second-order valence-corrected chi connectivity index (χ2v) is 11.5. The number of phenolic OH excluding ortho intramolecular Hbond substituents is 1. The highest BCUT2D eigenvalue weighted by atomic mass is 16.5. The molecule has 3 heterocycles. The lowest BCUT2D eigenvalue weighted by Crippen LogP contribution is -2.55. The number of likely N-dealkylation sites (tertiary alicyclic amines) is 1. The maximum absolute atomic E-state index is 13.9. The van der Waals surface area contributed by atoms with Gasteiger partial charge in [-0.15, -0.1) is 0 Å². The highest BCUT2D eigenvalue weighted by molar-refractivity contribution is 6.01. The normalized spacial score (nSPS) is 23.7. The van der Waals surface area contributed by atoms with Crippen LogP contribution in [-0.4, -0.2) is 96.0 Å². The van der Waals surface area contributed by atoms with Crippen LogP contribution in [0.4, 0.5) is 0 Å². The fraction of sp³-hybridized carbons (Fsp3) is 0.500. The van der Waals surface area contributed by atoms with E-state index in [4.69, 9.17) is 4.74 Å². The van der Waals surface area contributed by atoms with Crippen LogP contribution < -0.4 is 20.7 Å². The highest BCUT2D eigenvalue weighted by Crippen LogP contribution is 2.24. The Balaban J connectivity index is 1.38. The van der Waals surface area contributed by atoms with E-state index in [0.717, 1.165) is 44.3 Å². The topological polar surface area (TPSA) is 140 Å². The molecule has 2 saturated heterocycles. The fourth-order valence-electron chi connectivity index (χ4n) is 6.06. The Kier molecular flexibility index (Phi) is 10.1. The number of piperidine rings is 1. The number of carbonyl (C=O) groups is 4. The lowest BCUT2D eigenvalue weighted by atomic mass is 10.0. The van der Waals surface area contributed by atoms with E-state index in [9.17, 15) is 24.3 Å². The number of amides is 4. The molecule has 3 aliphatic heterocycles. The van der Waals surface area contributed by atoms with Crippen molar-refractivity contribution in [3.05, 3.63) is 59.7 Å². The molecule has 0 spiro atoms. The van der Waals surface area contributed by atoms with Crippen molar-refractivity contribution < 1.29 is 29.0 Å². The van der Waals surface area contributed by atoms with Crippen molar-refractivity contribution in [2.24, 2.45) is 0 Å². The molecule has 0 saturated carbocycles. The molecule has 4 amide bonds. The molecule has 11 nitrogen and oxygen atoms in total. The summed E-state index contributed by atoms with van der Waals surface area (Å²) >= 11 is 0. The summed E-state index contributed by atoms with van der Waals surface area (Å²) in [5.41, 5.74) is 1.02. The highest BCUT2D eigenvalue weighted by Gasteiger charge is 2.36. The van der Waals surface area contributed by atoms with Crippen LogP contribution in [0.5, 0.6) is 11.5 Å². The molecule has 5 rings (SSSR count). The van der Waals surface area contributed by atoms with Crippen LogP contribution in [-0.2, 0) is 20.8 Å². The molecule has 3 aliphatic rings. The van der Waals surface area contributed by atoms with E-state index in [0.29, 0.717) is 25.4 Å². The van der Waals surface area contributed by atoms with Gasteiger partial charge in [-0.05, 0) is 68.6 Å². The van der Waals surface area contributed by atoms with Crippen LogP contribution >= 0.6 is 0 Å². The molecule has 3 atom stereocenters. The first-order chi connectivity index (χ1) is 20.9. The molecule has 4 N–H and O–H groups in total. The van der Waals surface area contributed by atoms with Crippen LogP contribution in [0.25, 0.3) is 0 Å². The zero-order chi connectivity index (χ0) is 30.2. The van der Waals surface area contributed by atoms with Gasteiger partial charge in [-0.1, -0.05) is 30.7 Å². The monoisotopic (exact) mass is 591 g/mol. The van der Waals surface area contributed by atoms with E-state index in [1.54, 1.807) is 41.3 Å². The van der Waals surface area contributed by atoms with Crippen LogP contribution in [0.1, 0.15) is 54.4 Å². The van der Waals surface area contributed by atoms with Gasteiger partial charge in [0.15, 0.2) is 0 Å². The zero-order valence-corrected chi connectivity index (χ0v) is 24.4. The molecule has 0 radical (unpaired) electrons. The molecule has 2 aromatic carbocycles. The van der Waals surface area contributed by atoms with Gasteiger partial charge in [0.1, 0.15) is 30.2 Å². The standard InChI is InChI=1S/C32H41N5O6/c38-24-12-10-22(11-13-24)19-27-32(42)37-17-6-7-23(37)21-43-28-9-3-2-8-25(28)30(40)35-26(20-29(39)34-27)31(41)33-14-18-36-15-4-1-5-16-36/h2-3,8-13,23,26-27,38H,1,4-7,14-21H2,(H,33,41)(H,34,39)(H,35,40)/t23-,26+,27+/m1/s1. The van der Waals surface area contributed by atoms with Gasteiger partial charge in [0.2, 0.25) is 17.7 Å². The van der Waals surface area contributed by atoms with Crippen molar-refractivity contribution in [2.45, 2.75) is 63.1 Å². The molecule has 0 aliphatic carbocycles. The molecule has 2 fully saturated rings. The van der Waals surface area contributed by atoms with E-state index in [2.05, 4.69) is 20.9 Å². The van der Waals surface area contributed by atoms with E-state index in [1.807, 2.05) is 0 Å². The third-order valence-corrected chi connectivity index (χ3v) is 8.42. The smallest absolute Gasteiger partial charge is 0.255 e. The molecule has 230 valence electrons. The van der Waals surface area contributed by atoms with Crippen molar-refractivity contribution in [2.75, 3.05) is 39.3 Å². The lowest BCUT2D eigenvalue weighted by Gasteiger charge is -2.30. The Bertz CT molecular complexity index is 1300. The Hall–Kier alpha value is -4.12. The summed E-state index contributed by atoms with van der Waals surface area (Å²) in [7, 11) is 0. The largest absolute Gasteiger partial charge is 0.508 e. The number of aromatic hydroxyl groups is 1. The van der Waals surface area contributed by atoms with E-state index in [1.165, 1.54) is 18.6 Å². The number of hydrogen-bond acceptors (Lipinski definition) is 7. The number of nitrogens with zero attached hydrogens (tertiary/aromatic N) is 2. The average Bonchev–Trinajstić information content (AvgIpc) is 3.49. The van der Waals surface area contributed by atoms with Crippen LogP contribution in [0.2, 0.25) is 0 Å². The van der Waals surface area contributed by atoms with Gasteiger partial charge in [-0.3, -0.25) is 19.2 Å². The van der Waals surface area contributed by atoms with E-state index >= 15 is 0 Å². The number of para-hydroxylation sites is 1. The van der Waals surface area contributed by atoms with Gasteiger partial charge in [-0.25, -0.2) is 0 Å². The third-order valence-electron chi connectivity index (χ3n) is 8.42. The average molecular weight is 592 g/mol. The Morgan fingerprint density at radius 3 is 2.51 bits per heavy atom. The minimum absolute atomic E-state index is 0.104. The van der Waals surface area contributed by atoms with Gasteiger partial charge < -0.3 is 35.6 Å². The maximum atomic E-state index is 13.9. The molecule has 0 unspecified atom stereocenters. The summed E-state index contributed by atoms with van der Waals surface area (Å²) < 4.78 is 6.10. The fourth-order valence-corrected chi connectivity index (χ4v) is 6.06. The van der Waals surface area contributed by atoms with Crippen LogP contribution in [0.15, 0.2) is 48.5 Å². The summed E-state index contributed by atoms with van der Waals surface area (Å²) in [5.74, 6) is -1.28. The van der Waals surface area contributed by atoms with Crippen LogP contribution in [0.3, 0.4) is 0 Å². The molecule has 0 aromatic heterocycles. The van der Waals surface area contributed by atoms with E-state index < -0.39 is 29.8 Å². The Morgan fingerprint density at radius 1 is 0.953 bits per heavy atom. The van der Waals surface area contributed by atoms with Crippen molar-refractivity contribution in [3.8, 4) is 11.5 Å². The first-order valence-corrected chi connectivity index (χ1v) is 15.3. The van der Waals surface area contributed by atoms with Crippen molar-refractivity contribution in [1.82, 2.24) is 25.8 Å². The third kappa shape index (κ3) is 8.04. The van der Waals surface area contributed by atoms with Gasteiger partial charge in [0, 0.05) is 26.1 Å². The predicted molar refractivity (Wildman–Crippen MR) is 160 cm³/mol. The Morgan fingerprint density at radius 2 is 1.72 bits per heavy atom. The summed E-state index contributed by atoms with van der Waals surface area (Å²) in [5, 5.41) is 18.2. The lowest BCUT2D eigenvalue weighted by molar-refractivity contribution is -0.138. The summed E-state index contributed by atoms with van der Waals surface area (Å²) in [6.07, 6.45) is 4.88. The zero-order valence-electron chi connectivity index (χ0n) is 24.4. The first kappa shape index (κ1) is 30.3. The quantitative estimate of drug-likeness (QED) is 0.400. The predicted octanol–water partition coefficient (Wildman–Crippen LogP) is 1.59. The number of fused-ring (bicyclic) bond motifs is 2. The van der Waals surface area contributed by atoms with Crippen molar-refractivity contribution in [1.29, 1.82) is 0 Å². The molecule has 11 heteroatoms. The van der Waals surface area contributed by atoms with Crippen molar-refractivity contribution >= 4 is 23.6 Å². The first-order valence-electron chi connectivity index (χ1n) is 15.3. The minimum Gasteiger partial charge on any atom is -0.508 e. The molecule has 43 heavy (non-hydrogen) atoms. The van der Waals surface area contributed by atoms with Crippen LogP contribution in [0, 0.1) is 0 Å². The van der Waals surface area contributed by atoms with Gasteiger partial charge in [-0.2, -0.15) is 0 Å². The molecular weight excluding hydrogens is 550 g/mol. The van der Waals surface area contributed by atoms with Gasteiger partial charge in [0.05, 0.1) is 18.0 Å². The summed E-state index contributed by atoms with van der Waals surface area (Å²) in [4.78, 5) is 58.1. The molecular formula is C32H41N5O6. The van der Waals surface area contributed by atoms with E-state index in [-0.39, 0.29) is 42.7 Å². The number of hydrogen-bond donors (Lipinski definition) is 4. The number of rotatable bonds is 6. The Labute approximate surface area is 251 Å². The minimum atomic E-state index is -1.16. The SMILES string of the molecule is O=C1C[C@@H](C(=O)NCCN2CCCCC2)NC(=O)c2ccccc2OC[C@H]2CCCN2C(=O)[C@H](Cc2ccc(O)cc2)N1. The number of benzene rings is 2. The molecule has 0 bridgehead atoms. The number of phenols is 1. The van der Waals surface area contributed by atoms with Gasteiger partial charge in [0.25, 0.3) is 5.91 Å². The second-order valence-electron chi connectivity index (χ2n) is 11.5. The number of carbonyl (C=O) groups excluding carboxylic acids is 4. The second kappa shape index (κ2) is 14.4. The van der Waals surface area contributed by atoms with Crippen molar-refractivity contribution in [3.63, 3.8) is 0 Å². The summed E-state index contributed by atoms with van der Waals surface area (Å²) in [6, 6.07) is 11.0. The molecule has 2 aromatic rings.